The second-order valence-corrected chi connectivity index (χ2v) is 5.13. The van der Waals surface area contributed by atoms with E-state index in [9.17, 15) is 9.18 Å². The minimum atomic E-state index is -1.07. The molecule has 0 aliphatic heterocycles. The number of amides is 1. The molecular formula is C14H24FN7O. The number of nitrogen functional groups attached to an aromatic ring is 2. The maximum Gasteiger partial charge on any atom is 0.280 e. The average molecular weight is 325 g/mol. The number of hydrogen-bond donors (Lipinski definition) is 4. The second-order valence-electron chi connectivity index (χ2n) is 5.13. The van der Waals surface area contributed by atoms with Gasteiger partial charge < -0.3 is 16.4 Å². The van der Waals surface area contributed by atoms with E-state index in [4.69, 9.17) is 16.9 Å². The van der Waals surface area contributed by atoms with Crippen LogP contribution < -0.4 is 16.8 Å². The van der Waals surface area contributed by atoms with E-state index >= 15 is 0 Å². The first-order chi connectivity index (χ1) is 10.9. The van der Waals surface area contributed by atoms with E-state index in [-0.39, 0.29) is 17.5 Å². The number of carbonyl (C=O) groups excluding carboxylic acids is 1. The van der Waals surface area contributed by atoms with Crippen LogP contribution in [0.15, 0.2) is 0 Å². The van der Waals surface area contributed by atoms with E-state index in [0.717, 1.165) is 25.7 Å². The maximum atomic E-state index is 13.4. The molecular weight excluding hydrogens is 301 g/mol. The predicted octanol–water partition coefficient (Wildman–Crippen LogP) is 1.35. The fourth-order valence-electron chi connectivity index (χ4n) is 1.89. The number of nitrogens with zero attached hydrogens (tertiary/aromatic N) is 3. The Labute approximate surface area is 135 Å². The molecule has 6 N–H and O–H groups in total. The molecule has 0 bridgehead atoms. The highest BCUT2D eigenvalue weighted by atomic mass is 19.1. The molecule has 0 aliphatic rings. The lowest BCUT2D eigenvalue weighted by Crippen LogP contribution is -2.44. The van der Waals surface area contributed by atoms with Crippen LogP contribution in [-0.2, 0) is 0 Å². The zero-order valence-electron chi connectivity index (χ0n) is 13.5. The summed E-state index contributed by atoms with van der Waals surface area (Å²) < 4.78 is 13.4. The number of unbranched alkanes of at least 4 members (excludes halogenated alkanes) is 2. The highest BCUT2D eigenvalue weighted by molar-refractivity contribution is 6.06. The minimum Gasteiger partial charge on any atom is -0.382 e. The van der Waals surface area contributed by atoms with Gasteiger partial charge in [0.2, 0.25) is 0 Å². The van der Waals surface area contributed by atoms with Crippen LogP contribution >= 0.6 is 0 Å². The van der Waals surface area contributed by atoms with Crippen molar-refractivity contribution in [3.8, 4) is 0 Å². The van der Waals surface area contributed by atoms with E-state index in [1.165, 1.54) is 0 Å². The van der Waals surface area contributed by atoms with Crippen molar-refractivity contribution in [1.29, 1.82) is 5.41 Å². The summed E-state index contributed by atoms with van der Waals surface area (Å²) in [6, 6.07) is 0. The van der Waals surface area contributed by atoms with E-state index < -0.39 is 17.7 Å². The SMILES string of the molecule is CCCCN(CCCC)C(=N)NC(=O)c1nc(F)c(N)nc1N. The smallest absolute Gasteiger partial charge is 0.280 e. The third-order valence-corrected chi connectivity index (χ3v) is 3.23. The van der Waals surface area contributed by atoms with Gasteiger partial charge in [0.15, 0.2) is 23.3 Å². The highest BCUT2D eigenvalue weighted by Crippen LogP contribution is 2.11. The highest BCUT2D eigenvalue weighted by Gasteiger charge is 2.19. The fourth-order valence-corrected chi connectivity index (χ4v) is 1.89. The van der Waals surface area contributed by atoms with Crippen molar-refractivity contribution in [2.45, 2.75) is 39.5 Å². The van der Waals surface area contributed by atoms with Crippen LogP contribution in [0.4, 0.5) is 16.0 Å². The Morgan fingerprint density at radius 3 is 2.26 bits per heavy atom. The quantitative estimate of drug-likeness (QED) is 0.441. The van der Waals surface area contributed by atoms with E-state index in [1.807, 2.05) is 13.8 Å². The first-order valence-corrected chi connectivity index (χ1v) is 7.64. The van der Waals surface area contributed by atoms with Crippen molar-refractivity contribution in [3.63, 3.8) is 0 Å². The summed E-state index contributed by atoms with van der Waals surface area (Å²) >= 11 is 0. The Balaban J connectivity index is 2.80. The number of hydrogen-bond acceptors (Lipinski definition) is 6. The van der Waals surface area contributed by atoms with Gasteiger partial charge in [0.25, 0.3) is 11.9 Å². The van der Waals surface area contributed by atoms with Crippen molar-refractivity contribution >= 4 is 23.5 Å². The number of nitrogens with two attached hydrogens (primary N) is 2. The van der Waals surface area contributed by atoms with Gasteiger partial charge in [-0.2, -0.15) is 4.39 Å². The monoisotopic (exact) mass is 325 g/mol. The third-order valence-electron chi connectivity index (χ3n) is 3.23. The van der Waals surface area contributed by atoms with Crippen molar-refractivity contribution in [1.82, 2.24) is 20.2 Å². The predicted molar refractivity (Wildman–Crippen MR) is 87.4 cm³/mol. The van der Waals surface area contributed by atoms with Crippen LogP contribution in [0.1, 0.15) is 50.0 Å². The summed E-state index contributed by atoms with van der Waals surface area (Å²) in [6.07, 6.45) is 3.76. The molecule has 1 heterocycles. The lowest BCUT2D eigenvalue weighted by atomic mass is 10.2. The van der Waals surface area contributed by atoms with Gasteiger partial charge in [-0.25, -0.2) is 9.97 Å². The summed E-state index contributed by atoms with van der Waals surface area (Å²) in [5.74, 6) is -2.65. The normalized spacial score (nSPS) is 10.4. The summed E-state index contributed by atoms with van der Waals surface area (Å²) in [5, 5.41) is 10.4. The van der Waals surface area contributed by atoms with Gasteiger partial charge in [-0.05, 0) is 12.8 Å². The molecule has 128 valence electrons. The van der Waals surface area contributed by atoms with Crippen molar-refractivity contribution in [2.75, 3.05) is 24.6 Å². The number of rotatable bonds is 7. The molecule has 1 aromatic rings. The number of carbonyl (C=O) groups is 1. The van der Waals surface area contributed by atoms with Gasteiger partial charge in [-0.15, -0.1) is 0 Å². The molecule has 0 spiro atoms. The van der Waals surface area contributed by atoms with Gasteiger partial charge in [-0.3, -0.25) is 15.5 Å². The van der Waals surface area contributed by atoms with Gasteiger partial charge >= 0.3 is 0 Å². The van der Waals surface area contributed by atoms with Crippen LogP contribution in [0, 0.1) is 11.4 Å². The molecule has 0 saturated heterocycles. The van der Waals surface area contributed by atoms with Crippen molar-refractivity contribution in [3.05, 3.63) is 11.6 Å². The molecule has 0 saturated carbocycles. The molecule has 0 aliphatic carbocycles. The fraction of sp³-hybridized carbons (Fsp3) is 0.571. The molecule has 0 atom stereocenters. The molecule has 1 aromatic heterocycles. The summed E-state index contributed by atoms with van der Waals surface area (Å²) in [7, 11) is 0. The molecule has 0 fully saturated rings. The van der Waals surface area contributed by atoms with E-state index in [0.29, 0.717) is 13.1 Å². The number of anilines is 2. The lowest BCUT2D eigenvalue weighted by Gasteiger charge is -2.24. The van der Waals surface area contributed by atoms with Crippen LogP contribution in [0.25, 0.3) is 0 Å². The first kappa shape index (κ1) is 18.6. The number of halogens is 1. The maximum absolute atomic E-state index is 13.4. The zero-order valence-corrected chi connectivity index (χ0v) is 13.5. The first-order valence-electron chi connectivity index (χ1n) is 7.64. The molecule has 9 heteroatoms. The molecule has 1 rings (SSSR count). The Kier molecular flexibility index (Phi) is 7.17. The van der Waals surface area contributed by atoms with Crippen LogP contribution in [0.2, 0.25) is 0 Å². The van der Waals surface area contributed by atoms with Gasteiger partial charge in [0.1, 0.15) is 0 Å². The number of aromatic nitrogens is 2. The summed E-state index contributed by atoms with van der Waals surface area (Å²) in [5.41, 5.74) is 10.4. The molecule has 1 amide bonds. The van der Waals surface area contributed by atoms with Gasteiger partial charge in [0.05, 0.1) is 0 Å². The molecule has 8 nitrogen and oxygen atoms in total. The standard InChI is InChI=1S/C14H24FN7O/c1-3-5-7-22(8-6-4-2)14(18)21-13(23)9-11(16)20-12(17)10(15)19-9/h3-8H2,1-2H3,(H4,16,17,20)(H2,18,21,23). The average Bonchev–Trinajstić information content (AvgIpc) is 2.50. The summed E-state index contributed by atoms with van der Waals surface area (Å²) in [4.78, 5) is 20.8. The Morgan fingerprint density at radius 1 is 1.17 bits per heavy atom. The Bertz CT molecular complexity index is 556. The molecule has 0 radical (unpaired) electrons. The molecule has 23 heavy (non-hydrogen) atoms. The second kappa shape index (κ2) is 8.86. The van der Waals surface area contributed by atoms with Crippen molar-refractivity contribution in [2.24, 2.45) is 0 Å². The molecule has 0 unspecified atom stereocenters. The zero-order chi connectivity index (χ0) is 17.4. The van der Waals surface area contributed by atoms with Gasteiger partial charge in [0, 0.05) is 13.1 Å². The topological polar surface area (TPSA) is 134 Å². The Morgan fingerprint density at radius 2 is 1.74 bits per heavy atom. The molecule has 0 aromatic carbocycles. The number of nitrogens with one attached hydrogen (secondary N) is 2. The Hall–Kier alpha value is -2.45. The van der Waals surface area contributed by atoms with Gasteiger partial charge in [-0.1, -0.05) is 26.7 Å². The van der Waals surface area contributed by atoms with E-state index in [2.05, 4.69) is 15.3 Å². The third kappa shape index (κ3) is 5.35. The summed E-state index contributed by atoms with van der Waals surface area (Å²) in [6.45, 7) is 5.42. The number of guanidine groups is 1. The van der Waals surface area contributed by atoms with Crippen LogP contribution in [0.3, 0.4) is 0 Å². The van der Waals surface area contributed by atoms with Crippen molar-refractivity contribution < 1.29 is 9.18 Å². The minimum absolute atomic E-state index is 0.0599. The largest absolute Gasteiger partial charge is 0.382 e. The van der Waals surface area contributed by atoms with E-state index in [1.54, 1.807) is 4.90 Å². The lowest BCUT2D eigenvalue weighted by molar-refractivity contribution is 0.0966. The van der Waals surface area contributed by atoms with Crippen LogP contribution in [-0.4, -0.2) is 39.8 Å². The van der Waals surface area contributed by atoms with Crippen LogP contribution in [0.5, 0.6) is 0 Å².